The van der Waals surface area contributed by atoms with E-state index in [-0.39, 0.29) is 18.2 Å². The van der Waals surface area contributed by atoms with Crippen LogP contribution in [-0.4, -0.2) is 28.5 Å². The van der Waals surface area contributed by atoms with Crippen molar-refractivity contribution in [1.29, 1.82) is 0 Å². The lowest BCUT2D eigenvalue weighted by molar-refractivity contribution is -0.143. The summed E-state index contributed by atoms with van der Waals surface area (Å²) < 4.78 is 5.40. The number of halogens is 1. The smallest absolute Gasteiger partial charge is 0.333 e. The maximum atomic E-state index is 11.5. The molecule has 0 aliphatic heterocycles. The molecule has 1 N–H and O–H groups in total. The second kappa shape index (κ2) is 14.9. The fraction of sp³-hybridized carbons (Fsp3) is 0.500. The monoisotopic (exact) mass is 476 g/mol. The second-order valence-corrected chi connectivity index (χ2v) is 9.51. The summed E-state index contributed by atoms with van der Waals surface area (Å²) in [6.45, 7) is 26.0. The molecule has 0 spiro atoms. The van der Waals surface area contributed by atoms with Crippen molar-refractivity contribution in [1.82, 2.24) is 0 Å². The zero-order valence-corrected chi connectivity index (χ0v) is 21.9. The Morgan fingerprint density at radius 3 is 1.67 bits per heavy atom. The molecule has 4 atom stereocenters. The molecule has 0 aromatic heterocycles. The van der Waals surface area contributed by atoms with Gasteiger partial charge in [-0.15, -0.1) is 0 Å². The molecule has 0 heterocycles. The van der Waals surface area contributed by atoms with Crippen molar-refractivity contribution in [3.05, 3.63) is 71.9 Å². The van der Waals surface area contributed by atoms with E-state index in [1.165, 1.54) is 5.57 Å². The molecule has 0 aromatic rings. The van der Waals surface area contributed by atoms with Crippen LogP contribution in [-0.2, 0) is 14.3 Å². The highest BCUT2D eigenvalue weighted by molar-refractivity contribution is 6.67. The SMILES string of the molecule is C=C(C)C(=O)Cl.C=C(C)C(=O)O[C@@H]1C[C@H](C(=C)C)CC=C1C.C=C(C)[C@@H]1CC=C(C)[C@H](O)C1. The van der Waals surface area contributed by atoms with Crippen LogP contribution in [0.2, 0.25) is 0 Å². The number of aliphatic hydroxyl groups excluding tert-OH is 1. The zero-order valence-electron chi connectivity index (χ0n) is 21.2. The first kappa shape index (κ1) is 30.8. The lowest BCUT2D eigenvalue weighted by Gasteiger charge is -2.28. The Morgan fingerprint density at radius 1 is 0.879 bits per heavy atom. The Balaban J connectivity index is 0.000000520. The minimum absolute atomic E-state index is 0.111. The van der Waals surface area contributed by atoms with Crippen molar-refractivity contribution in [2.24, 2.45) is 11.8 Å². The number of esters is 1. The summed E-state index contributed by atoms with van der Waals surface area (Å²) in [4.78, 5) is 21.3. The van der Waals surface area contributed by atoms with Crippen LogP contribution in [0.15, 0.2) is 71.9 Å². The first-order valence-electron chi connectivity index (χ1n) is 11.2. The highest BCUT2D eigenvalue weighted by Crippen LogP contribution is 2.30. The van der Waals surface area contributed by atoms with Crippen LogP contribution in [0, 0.1) is 11.8 Å². The van der Waals surface area contributed by atoms with Gasteiger partial charge in [-0.2, -0.15) is 0 Å². The Hall–Kier alpha value is -2.17. The largest absolute Gasteiger partial charge is 0.454 e. The Bertz CT molecular complexity index is 819. The molecule has 0 fully saturated rings. The molecule has 184 valence electrons. The first-order chi connectivity index (χ1) is 15.2. The second-order valence-electron chi connectivity index (χ2n) is 9.17. The molecule has 4 nitrogen and oxygen atoms in total. The van der Waals surface area contributed by atoms with Crippen molar-refractivity contribution in [3.63, 3.8) is 0 Å². The molecule has 0 saturated heterocycles. The Kier molecular flexibility index (Phi) is 13.9. The van der Waals surface area contributed by atoms with E-state index < -0.39 is 5.24 Å². The van der Waals surface area contributed by atoms with Gasteiger partial charge in [-0.3, -0.25) is 4.79 Å². The average molecular weight is 477 g/mol. The number of aliphatic hydroxyl groups is 1. The lowest BCUT2D eigenvalue weighted by atomic mass is 9.84. The van der Waals surface area contributed by atoms with Crippen LogP contribution in [0.1, 0.15) is 67.2 Å². The predicted octanol–water partition coefficient (Wildman–Crippen LogP) is 7.01. The van der Waals surface area contributed by atoms with Gasteiger partial charge in [0.1, 0.15) is 6.10 Å². The predicted molar refractivity (Wildman–Crippen MR) is 139 cm³/mol. The molecular weight excluding hydrogens is 436 g/mol. The van der Waals surface area contributed by atoms with Gasteiger partial charge in [0.25, 0.3) is 0 Å². The van der Waals surface area contributed by atoms with Crippen LogP contribution in [0.3, 0.4) is 0 Å². The van der Waals surface area contributed by atoms with Gasteiger partial charge in [0.2, 0.25) is 5.24 Å². The molecule has 2 aliphatic rings. The molecule has 33 heavy (non-hydrogen) atoms. The summed E-state index contributed by atoms with van der Waals surface area (Å²) in [5.74, 6) is 0.612. The summed E-state index contributed by atoms with van der Waals surface area (Å²) in [5, 5.41) is 9.02. The molecule has 5 heteroatoms. The highest BCUT2D eigenvalue weighted by Gasteiger charge is 2.25. The maximum absolute atomic E-state index is 11.5. The maximum Gasteiger partial charge on any atom is 0.333 e. The van der Waals surface area contributed by atoms with Gasteiger partial charge in [-0.25, -0.2) is 4.79 Å². The summed E-state index contributed by atoms with van der Waals surface area (Å²) in [6.07, 6.45) is 7.67. The van der Waals surface area contributed by atoms with Gasteiger partial charge in [0.05, 0.1) is 6.10 Å². The molecule has 0 aromatic carbocycles. The van der Waals surface area contributed by atoms with Crippen LogP contribution in [0.4, 0.5) is 0 Å². The third-order valence-corrected chi connectivity index (χ3v) is 6.14. The van der Waals surface area contributed by atoms with E-state index >= 15 is 0 Å². The normalized spacial score (nSPS) is 23.8. The van der Waals surface area contributed by atoms with Crippen molar-refractivity contribution in [2.45, 2.75) is 79.4 Å². The van der Waals surface area contributed by atoms with Gasteiger partial charge in [-0.1, -0.05) is 49.6 Å². The number of rotatable bonds is 5. The molecular formula is C28H41ClO4. The van der Waals surface area contributed by atoms with Crippen molar-refractivity contribution in [2.75, 3.05) is 0 Å². The van der Waals surface area contributed by atoms with Crippen molar-refractivity contribution < 1.29 is 19.4 Å². The molecule has 0 amide bonds. The van der Waals surface area contributed by atoms with Crippen LogP contribution in [0.25, 0.3) is 0 Å². The average Bonchev–Trinajstić information content (AvgIpc) is 2.72. The van der Waals surface area contributed by atoms with E-state index in [0.717, 1.165) is 42.4 Å². The summed E-state index contributed by atoms with van der Waals surface area (Å²) in [5.41, 5.74) is 5.42. The third kappa shape index (κ3) is 12.0. The minimum Gasteiger partial charge on any atom is -0.454 e. The fourth-order valence-corrected chi connectivity index (χ4v) is 3.19. The molecule has 2 aliphatic carbocycles. The van der Waals surface area contributed by atoms with E-state index in [1.807, 2.05) is 27.7 Å². The van der Waals surface area contributed by atoms with E-state index in [9.17, 15) is 14.7 Å². The van der Waals surface area contributed by atoms with Gasteiger partial charge in [0.15, 0.2) is 0 Å². The van der Waals surface area contributed by atoms with Crippen LogP contribution < -0.4 is 0 Å². The number of hydrogen-bond acceptors (Lipinski definition) is 4. The first-order valence-corrected chi connectivity index (χ1v) is 11.6. The number of hydrogen-bond donors (Lipinski definition) is 1. The van der Waals surface area contributed by atoms with Gasteiger partial charge in [0, 0.05) is 11.1 Å². The van der Waals surface area contributed by atoms with Crippen molar-refractivity contribution >= 4 is 22.8 Å². The fourth-order valence-electron chi connectivity index (χ4n) is 3.19. The topological polar surface area (TPSA) is 63.6 Å². The molecule has 2 rings (SSSR count). The van der Waals surface area contributed by atoms with Crippen LogP contribution in [0.5, 0.6) is 0 Å². The number of carbonyl (C=O) groups is 2. The van der Waals surface area contributed by atoms with E-state index in [1.54, 1.807) is 13.8 Å². The third-order valence-electron chi connectivity index (χ3n) is 5.82. The van der Waals surface area contributed by atoms with E-state index in [0.29, 0.717) is 23.0 Å². The molecule has 0 unspecified atom stereocenters. The van der Waals surface area contributed by atoms with Crippen molar-refractivity contribution in [3.8, 4) is 0 Å². The Morgan fingerprint density at radius 2 is 1.30 bits per heavy atom. The number of carbonyl (C=O) groups excluding carboxylic acids is 2. The number of allylic oxidation sites excluding steroid dienone is 5. The summed E-state index contributed by atoms with van der Waals surface area (Å²) in [7, 11) is 0. The highest BCUT2D eigenvalue weighted by atomic mass is 35.5. The zero-order chi connectivity index (χ0) is 25.9. The standard InChI is InChI=1S/C14H20O2.C10H16O.C4H5ClO/c1-9(2)12-7-6-11(5)13(8-12)16-14(15)10(3)4;1-7(2)9-5-4-8(3)10(11)6-9;1-3(2)4(5)6/h6,12-13H,1,3,7-8H2,2,4-5H3;4,9-11H,1,5-6H2,2-3H3;1H2,2H3/t12-,13-;9-,10-;/m11./s1. The minimum atomic E-state index is -0.463. The summed E-state index contributed by atoms with van der Waals surface area (Å²) in [6, 6.07) is 0. The quantitative estimate of drug-likeness (QED) is 0.200. The van der Waals surface area contributed by atoms with Gasteiger partial charge < -0.3 is 9.84 Å². The molecule has 0 saturated carbocycles. The molecule has 0 bridgehead atoms. The van der Waals surface area contributed by atoms with Crippen LogP contribution >= 0.6 is 11.6 Å². The lowest BCUT2D eigenvalue weighted by Crippen LogP contribution is -2.26. The Labute approximate surface area is 205 Å². The number of ether oxygens (including phenoxy) is 1. The summed E-state index contributed by atoms with van der Waals surface area (Å²) >= 11 is 4.87. The van der Waals surface area contributed by atoms with E-state index in [4.69, 9.17) is 16.3 Å². The van der Waals surface area contributed by atoms with E-state index in [2.05, 4.69) is 38.5 Å². The van der Waals surface area contributed by atoms with Gasteiger partial charge in [-0.05, 0) is 102 Å². The van der Waals surface area contributed by atoms with Gasteiger partial charge >= 0.3 is 5.97 Å². The molecule has 0 radical (unpaired) electrons.